The molecule has 1 N–H and O–H groups in total. The Bertz CT molecular complexity index is 969. The minimum atomic E-state index is -1.09. The molecule has 0 aliphatic carbocycles. The molecule has 29 heavy (non-hydrogen) atoms. The fourth-order valence-electron chi connectivity index (χ4n) is 4.06. The van der Waals surface area contributed by atoms with Crippen LogP contribution >= 0.6 is 0 Å². The minimum absolute atomic E-state index is 0.168. The van der Waals surface area contributed by atoms with E-state index < -0.39 is 17.8 Å². The molecule has 2 aromatic carbocycles. The van der Waals surface area contributed by atoms with Gasteiger partial charge in [0.25, 0.3) is 0 Å². The minimum Gasteiger partial charge on any atom is -0.465 e. The van der Waals surface area contributed by atoms with E-state index in [1.54, 1.807) is 31.2 Å². The van der Waals surface area contributed by atoms with Crippen LogP contribution in [-0.2, 0) is 14.3 Å². The number of ketones is 1. The molecule has 0 aromatic heterocycles. The summed E-state index contributed by atoms with van der Waals surface area (Å²) in [5.41, 5.74) is 1.68. The Morgan fingerprint density at radius 2 is 1.72 bits per heavy atom. The van der Waals surface area contributed by atoms with E-state index in [0.717, 1.165) is 5.56 Å². The fourth-order valence-corrected chi connectivity index (χ4v) is 4.06. The summed E-state index contributed by atoms with van der Waals surface area (Å²) in [6.45, 7) is 2.82. The summed E-state index contributed by atoms with van der Waals surface area (Å²) in [5.74, 6) is -2.44. The average Bonchev–Trinajstić information content (AvgIpc) is 3.24. The maximum absolute atomic E-state index is 13.6. The van der Waals surface area contributed by atoms with Gasteiger partial charge in [-0.2, -0.15) is 0 Å². The molecule has 0 spiro atoms. The number of carbonyl (C=O) groups is 3. The Balaban J connectivity index is 1.92. The first kappa shape index (κ1) is 18.9. The molecular weight excluding hydrogens is 368 g/mol. The lowest BCUT2D eigenvalue weighted by Gasteiger charge is -2.36. The van der Waals surface area contributed by atoms with Crippen LogP contribution in [0.2, 0.25) is 0 Å². The molecule has 2 aliphatic heterocycles. The van der Waals surface area contributed by atoms with E-state index in [2.05, 4.69) is 5.32 Å². The molecule has 2 atom stereocenters. The lowest BCUT2D eigenvalue weighted by atomic mass is 9.74. The van der Waals surface area contributed by atoms with Crippen LogP contribution in [0.3, 0.4) is 0 Å². The lowest BCUT2D eigenvalue weighted by molar-refractivity contribution is -0.156. The number of hydrogen-bond acceptors (Lipinski definition) is 5. The third-order valence-electron chi connectivity index (χ3n) is 5.31. The third-order valence-corrected chi connectivity index (χ3v) is 5.31. The van der Waals surface area contributed by atoms with Crippen molar-refractivity contribution in [1.82, 2.24) is 10.2 Å². The number of nitrogens with one attached hydrogen (secondary N) is 1. The van der Waals surface area contributed by atoms with Crippen LogP contribution in [0.1, 0.15) is 28.8 Å². The van der Waals surface area contributed by atoms with Gasteiger partial charge in [-0.3, -0.25) is 19.3 Å². The standard InChI is InChI=1S/C23H22N2O4/c1-2-29-23(28)19-17(15-9-5-3-6-10-15)18(20(26)16-11-7-4-8-12-16)21-24-13-14-25(21)22(19)27/h3-12,17,19,24H,2,13-14H2,1H3/t17-,19+/m0/s1. The second kappa shape index (κ2) is 7.91. The van der Waals surface area contributed by atoms with Crippen molar-refractivity contribution in [1.29, 1.82) is 0 Å². The summed E-state index contributed by atoms with van der Waals surface area (Å²) in [7, 11) is 0. The van der Waals surface area contributed by atoms with Gasteiger partial charge < -0.3 is 10.1 Å². The number of nitrogens with zero attached hydrogens (tertiary/aromatic N) is 1. The van der Waals surface area contributed by atoms with E-state index in [1.807, 2.05) is 36.4 Å². The highest BCUT2D eigenvalue weighted by molar-refractivity contribution is 6.14. The van der Waals surface area contributed by atoms with Crippen molar-refractivity contribution in [3.8, 4) is 0 Å². The van der Waals surface area contributed by atoms with Crippen LogP contribution in [0.4, 0.5) is 0 Å². The molecule has 2 aromatic rings. The molecule has 2 aliphatic rings. The molecule has 6 heteroatoms. The molecular formula is C23H22N2O4. The largest absolute Gasteiger partial charge is 0.465 e. The van der Waals surface area contributed by atoms with E-state index in [-0.39, 0.29) is 18.3 Å². The van der Waals surface area contributed by atoms with Crippen LogP contribution in [0, 0.1) is 5.92 Å². The van der Waals surface area contributed by atoms with Crippen molar-refractivity contribution >= 4 is 17.7 Å². The second-order valence-electron chi connectivity index (χ2n) is 6.99. The Morgan fingerprint density at radius 3 is 2.38 bits per heavy atom. The highest BCUT2D eigenvalue weighted by Gasteiger charge is 2.50. The number of fused-ring (bicyclic) bond motifs is 1. The summed E-state index contributed by atoms with van der Waals surface area (Å²) >= 11 is 0. The van der Waals surface area contributed by atoms with Gasteiger partial charge in [0.1, 0.15) is 11.7 Å². The van der Waals surface area contributed by atoms with Crippen LogP contribution in [-0.4, -0.2) is 42.3 Å². The molecule has 0 saturated carbocycles. The van der Waals surface area contributed by atoms with Crippen molar-refractivity contribution < 1.29 is 19.1 Å². The van der Waals surface area contributed by atoms with Gasteiger partial charge in [-0.05, 0) is 12.5 Å². The van der Waals surface area contributed by atoms with E-state index in [9.17, 15) is 14.4 Å². The molecule has 1 amide bonds. The average molecular weight is 390 g/mol. The molecule has 1 fully saturated rings. The number of benzene rings is 2. The Labute approximate surface area is 169 Å². The maximum atomic E-state index is 13.6. The van der Waals surface area contributed by atoms with Crippen molar-refractivity contribution in [2.24, 2.45) is 5.92 Å². The van der Waals surface area contributed by atoms with Gasteiger partial charge in [0, 0.05) is 30.1 Å². The first-order chi connectivity index (χ1) is 14.1. The number of rotatable bonds is 5. The Morgan fingerprint density at radius 1 is 1.07 bits per heavy atom. The molecule has 148 valence electrons. The van der Waals surface area contributed by atoms with E-state index in [0.29, 0.717) is 30.0 Å². The number of carbonyl (C=O) groups excluding carboxylic acids is 3. The molecule has 6 nitrogen and oxygen atoms in total. The van der Waals surface area contributed by atoms with Gasteiger partial charge in [-0.1, -0.05) is 60.7 Å². The Kier molecular flexibility index (Phi) is 5.16. The van der Waals surface area contributed by atoms with Crippen molar-refractivity contribution in [2.75, 3.05) is 19.7 Å². The quantitative estimate of drug-likeness (QED) is 0.482. The number of ether oxygens (including phenoxy) is 1. The highest BCUT2D eigenvalue weighted by Crippen LogP contribution is 2.42. The van der Waals surface area contributed by atoms with Crippen LogP contribution < -0.4 is 5.32 Å². The normalized spacial score (nSPS) is 20.9. The van der Waals surface area contributed by atoms with E-state index >= 15 is 0 Å². The van der Waals surface area contributed by atoms with E-state index in [4.69, 9.17) is 4.74 Å². The van der Waals surface area contributed by atoms with Crippen LogP contribution in [0.25, 0.3) is 0 Å². The molecule has 1 saturated heterocycles. The predicted molar refractivity (Wildman–Crippen MR) is 107 cm³/mol. The van der Waals surface area contributed by atoms with Gasteiger partial charge in [0.05, 0.1) is 6.61 Å². The number of hydrogen-bond donors (Lipinski definition) is 1. The van der Waals surface area contributed by atoms with Gasteiger partial charge in [0.15, 0.2) is 5.78 Å². The monoisotopic (exact) mass is 390 g/mol. The zero-order chi connectivity index (χ0) is 20.4. The van der Waals surface area contributed by atoms with E-state index in [1.165, 1.54) is 4.90 Å². The smallest absolute Gasteiger partial charge is 0.319 e. The van der Waals surface area contributed by atoms with Crippen LogP contribution in [0.5, 0.6) is 0 Å². The van der Waals surface area contributed by atoms with Gasteiger partial charge in [-0.25, -0.2) is 0 Å². The summed E-state index contributed by atoms with van der Waals surface area (Å²) in [6.07, 6.45) is 0. The molecule has 2 heterocycles. The van der Waals surface area contributed by atoms with Crippen molar-refractivity contribution in [3.63, 3.8) is 0 Å². The summed E-state index contributed by atoms with van der Waals surface area (Å²) < 4.78 is 5.25. The molecule has 4 rings (SSSR count). The lowest BCUT2D eigenvalue weighted by Crippen LogP contribution is -2.48. The highest BCUT2D eigenvalue weighted by atomic mass is 16.5. The number of amides is 1. The number of esters is 1. The molecule has 0 bridgehead atoms. The SMILES string of the molecule is CCOC(=O)[C@H]1C(=O)N2CCNC2=C(C(=O)c2ccccc2)[C@@H]1c1ccccc1. The van der Waals surface area contributed by atoms with Crippen molar-refractivity contribution in [2.45, 2.75) is 12.8 Å². The summed E-state index contributed by atoms with van der Waals surface area (Å²) in [5, 5.41) is 3.19. The third kappa shape index (κ3) is 3.31. The number of Topliss-reactive ketones (excluding diaryl/α,β-unsaturated/α-hetero) is 1. The zero-order valence-corrected chi connectivity index (χ0v) is 16.1. The topological polar surface area (TPSA) is 75.7 Å². The first-order valence-corrected chi connectivity index (χ1v) is 9.74. The first-order valence-electron chi connectivity index (χ1n) is 9.74. The van der Waals surface area contributed by atoms with Gasteiger partial charge in [-0.15, -0.1) is 0 Å². The van der Waals surface area contributed by atoms with Crippen LogP contribution in [0.15, 0.2) is 72.1 Å². The van der Waals surface area contributed by atoms with Gasteiger partial charge in [0.2, 0.25) is 5.91 Å². The number of allylic oxidation sites excluding steroid dienone is 1. The molecule has 0 radical (unpaired) electrons. The zero-order valence-electron chi connectivity index (χ0n) is 16.1. The fraction of sp³-hybridized carbons (Fsp3) is 0.261. The van der Waals surface area contributed by atoms with Crippen molar-refractivity contribution in [3.05, 3.63) is 83.2 Å². The second-order valence-corrected chi connectivity index (χ2v) is 6.99. The maximum Gasteiger partial charge on any atom is 0.319 e. The summed E-state index contributed by atoms with van der Waals surface area (Å²) in [6, 6.07) is 18.1. The predicted octanol–water partition coefficient (Wildman–Crippen LogP) is 2.49. The Hall–Kier alpha value is -3.41. The molecule has 0 unspecified atom stereocenters. The summed E-state index contributed by atoms with van der Waals surface area (Å²) in [4.78, 5) is 41.2. The van der Waals surface area contributed by atoms with Gasteiger partial charge >= 0.3 is 5.97 Å².